The van der Waals surface area contributed by atoms with E-state index in [9.17, 15) is 14.0 Å². The summed E-state index contributed by atoms with van der Waals surface area (Å²) in [4.78, 5) is 26.3. The first-order valence-electron chi connectivity index (χ1n) is 11.5. The largest absolute Gasteiger partial charge is 0.493 e. The molecule has 0 saturated carbocycles. The van der Waals surface area contributed by atoms with Crippen molar-refractivity contribution in [2.24, 2.45) is 0 Å². The molecule has 0 bridgehead atoms. The number of rotatable bonds is 7. The van der Waals surface area contributed by atoms with E-state index in [1.165, 1.54) is 19.2 Å². The van der Waals surface area contributed by atoms with Gasteiger partial charge >= 0.3 is 6.03 Å². The van der Waals surface area contributed by atoms with Crippen LogP contribution in [0.3, 0.4) is 0 Å². The van der Waals surface area contributed by atoms with Gasteiger partial charge in [0.1, 0.15) is 18.1 Å². The Kier molecular flexibility index (Phi) is 6.92. The van der Waals surface area contributed by atoms with Gasteiger partial charge in [-0.1, -0.05) is 60.7 Å². The summed E-state index contributed by atoms with van der Waals surface area (Å²) in [5, 5.41) is 4.80. The summed E-state index contributed by atoms with van der Waals surface area (Å²) in [7, 11) is 1.53. The molecular weight excluding hydrogens is 539 g/mol. The van der Waals surface area contributed by atoms with Crippen molar-refractivity contribution in [2.75, 3.05) is 7.11 Å². The van der Waals surface area contributed by atoms with E-state index in [0.29, 0.717) is 28.1 Å². The summed E-state index contributed by atoms with van der Waals surface area (Å²) in [6.07, 6.45) is 1.54. The molecule has 0 radical (unpaired) electrons. The zero-order valence-electron chi connectivity index (χ0n) is 19.8. The van der Waals surface area contributed by atoms with E-state index in [2.05, 4.69) is 39.4 Å². The number of urea groups is 1. The number of nitrogens with one attached hydrogen (secondary N) is 1. The van der Waals surface area contributed by atoms with E-state index in [4.69, 9.17) is 9.47 Å². The fourth-order valence-corrected chi connectivity index (χ4v) is 4.78. The number of methoxy groups -OCH3 is 1. The SMILES string of the molecule is COc1cc(/C=C2\NC(=O)N(Cc3ccccc3F)C2=O)cc(Br)c1OCc1cccc2ccccc12. The maximum Gasteiger partial charge on any atom is 0.329 e. The number of ether oxygens (including phenoxy) is 2. The van der Waals surface area contributed by atoms with Gasteiger partial charge in [-0.15, -0.1) is 0 Å². The smallest absolute Gasteiger partial charge is 0.329 e. The lowest BCUT2D eigenvalue weighted by Crippen LogP contribution is -2.30. The zero-order valence-corrected chi connectivity index (χ0v) is 21.4. The van der Waals surface area contributed by atoms with Crippen LogP contribution in [-0.4, -0.2) is 23.9 Å². The lowest BCUT2D eigenvalue weighted by Gasteiger charge is -2.15. The Morgan fingerprint density at radius 2 is 1.70 bits per heavy atom. The van der Waals surface area contributed by atoms with Gasteiger partial charge in [-0.2, -0.15) is 0 Å². The standard InChI is InChI=1S/C29H22BrFN2O4/c1-36-26-15-18(14-25-28(34)33(29(35)32-25)16-20-8-3-5-12-24(20)31)13-23(30)27(26)37-17-21-10-6-9-19-7-2-4-11-22(19)21/h2-15H,16-17H2,1H3,(H,32,35)/b25-14-. The minimum atomic E-state index is -0.611. The van der Waals surface area contributed by atoms with Gasteiger partial charge in [-0.3, -0.25) is 9.69 Å². The average molecular weight is 561 g/mol. The molecule has 4 aromatic carbocycles. The number of amides is 3. The molecule has 4 aromatic rings. The minimum Gasteiger partial charge on any atom is -0.493 e. The van der Waals surface area contributed by atoms with E-state index in [1.807, 2.05) is 24.3 Å². The number of halogens is 2. The van der Waals surface area contributed by atoms with Crippen molar-refractivity contribution in [3.8, 4) is 11.5 Å². The van der Waals surface area contributed by atoms with Crippen LogP contribution in [0.2, 0.25) is 0 Å². The van der Waals surface area contributed by atoms with Crippen molar-refractivity contribution < 1.29 is 23.5 Å². The molecule has 3 amide bonds. The van der Waals surface area contributed by atoms with Crippen LogP contribution in [0, 0.1) is 5.82 Å². The molecule has 8 heteroatoms. The lowest BCUT2D eigenvalue weighted by atomic mass is 10.1. The van der Waals surface area contributed by atoms with Crippen molar-refractivity contribution in [3.05, 3.63) is 112 Å². The highest BCUT2D eigenvalue weighted by Gasteiger charge is 2.34. The normalized spacial score (nSPS) is 14.4. The predicted octanol–water partition coefficient (Wildman–Crippen LogP) is 6.42. The Morgan fingerprint density at radius 3 is 2.51 bits per heavy atom. The molecule has 1 heterocycles. The molecule has 1 saturated heterocycles. The molecule has 1 N–H and O–H groups in total. The van der Waals surface area contributed by atoms with Gasteiger partial charge in [-0.25, -0.2) is 9.18 Å². The maximum atomic E-state index is 14.0. The van der Waals surface area contributed by atoms with Crippen LogP contribution in [0.4, 0.5) is 9.18 Å². The summed E-state index contributed by atoms with van der Waals surface area (Å²) in [5.74, 6) is -0.0464. The summed E-state index contributed by atoms with van der Waals surface area (Å²) in [5.41, 5.74) is 1.98. The van der Waals surface area contributed by atoms with E-state index >= 15 is 0 Å². The Labute approximate surface area is 221 Å². The first kappa shape index (κ1) is 24.5. The van der Waals surface area contributed by atoms with Crippen molar-refractivity contribution in [1.82, 2.24) is 10.2 Å². The molecule has 0 unspecified atom stereocenters. The fourth-order valence-electron chi connectivity index (χ4n) is 4.21. The Bertz CT molecular complexity index is 1550. The highest BCUT2D eigenvalue weighted by Crippen LogP contribution is 2.38. The average Bonchev–Trinajstić information content (AvgIpc) is 3.16. The molecular formula is C29H22BrFN2O4. The molecule has 37 heavy (non-hydrogen) atoms. The molecule has 6 nitrogen and oxygen atoms in total. The van der Waals surface area contributed by atoms with Crippen molar-refractivity contribution in [2.45, 2.75) is 13.2 Å². The summed E-state index contributed by atoms with van der Waals surface area (Å²) in [6.45, 7) is 0.166. The van der Waals surface area contributed by atoms with Gasteiger partial charge in [0, 0.05) is 5.56 Å². The minimum absolute atomic E-state index is 0.0831. The quantitative estimate of drug-likeness (QED) is 0.209. The molecule has 1 fully saturated rings. The van der Waals surface area contributed by atoms with Crippen LogP contribution >= 0.6 is 15.9 Å². The third kappa shape index (κ3) is 5.06. The lowest BCUT2D eigenvalue weighted by molar-refractivity contribution is -0.123. The van der Waals surface area contributed by atoms with Gasteiger partial charge in [-0.05, 0) is 62.1 Å². The number of carbonyl (C=O) groups is 2. The molecule has 0 atom stereocenters. The molecule has 0 aliphatic carbocycles. The van der Waals surface area contributed by atoms with E-state index in [0.717, 1.165) is 21.2 Å². The molecule has 186 valence electrons. The van der Waals surface area contributed by atoms with Crippen LogP contribution in [-0.2, 0) is 17.9 Å². The third-order valence-electron chi connectivity index (χ3n) is 6.06. The van der Waals surface area contributed by atoms with Gasteiger partial charge < -0.3 is 14.8 Å². The van der Waals surface area contributed by atoms with Crippen molar-refractivity contribution in [3.63, 3.8) is 0 Å². The van der Waals surface area contributed by atoms with Crippen LogP contribution in [0.15, 0.2) is 89.0 Å². The van der Waals surface area contributed by atoms with Crippen LogP contribution < -0.4 is 14.8 Å². The molecule has 0 spiro atoms. The van der Waals surface area contributed by atoms with Crippen LogP contribution in [0.5, 0.6) is 11.5 Å². The van der Waals surface area contributed by atoms with Crippen molar-refractivity contribution in [1.29, 1.82) is 0 Å². The van der Waals surface area contributed by atoms with Crippen molar-refractivity contribution >= 4 is 44.7 Å². The first-order chi connectivity index (χ1) is 17.9. The van der Waals surface area contributed by atoms with E-state index in [1.54, 1.807) is 30.3 Å². The van der Waals surface area contributed by atoms with Gasteiger partial charge in [0.05, 0.1) is 18.1 Å². The molecule has 1 aliphatic rings. The monoisotopic (exact) mass is 560 g/mol. The first-order valence-corrected chi connectivity index (χ1v) is 12.3. The van der Waals surface area contributed by atoms with Gasteiger partial charge in [0.15, 0.2) is 11.5 Å². The molecule has 1 aliphatic heterocycles. The fraction of sp³-hybridized carbons (Fsp3) is 0.103. The highest BCUT2D eigenvalue weighted by atomic mass is 79.9. The maximum absolute atomic E-state index is 14.0. The molecule has 0 aromatic heterocycles. The van der Waals surface area contributed by atoms with Gasteiger partial charge in [0.2, 0.25) is 0 Å². The number of nitrogens with zero attached hydrogens (tertiary/aromatic N) is 1. The Hall–Kier alpha value is -4.17. The summed E-state index contributed by atoms with van der Waals surface area (Å²) in [6, 6.07) is 23.1. The van der Waals surface area contributed by atoms with Crippen LogP contribution in [0.25, 0.3) is 16.8 Å². The Morgan fingerprint density at radius 1 is 0.973 bits per heavy atom. The second-order valence-corrected chi connectivity index (χ2v) is 9.29. The van der Waals surface area contributed by atoms with Gasteiger partial charge in [0.25, 0.3) is 5.91 Å². The number of fused-ring (bicyclic) bond motifs is 1. The molecule has 5 rings (SSSR count). The second-order valence-electron chi connectivity index (χ2n) is 8.43. The third-order valence-corrected chi connectivity index (χ3v) is 6.65. The number of hydrogen-bond donors (Lipinski definition) is 1. The number of imide groups is 1. The van der Waals surface area contributed by atoms with E-state index in [-0.39, 0.29) is 17.8 Å². The zero-order chi connectivity index (χ0) is 25.9. The number of benzene rings is 4. The summed E-state index contributed by atoms with van der Waals surface area (Å²) < 4.78 is 26.4. The highest BCUT2D eigenvalue weighted by molar-refractivity contribution is 9.10. The predicted molar refractivity (Wildman–Crippen MR) is 142 cm³/mol. The number of carbonyl (C=O) groups excluding carboxylic acids is 2. The Balaban J connectivity index is 1.37. The van der Waals surface area contributed by atoms with E-state index < -0.39 is 17.8 Å². The second kappa shape index (κ2) is 10.4. The summed E-state index contributed by atoms with van der Waals surface area (Å²) >= 11 is 3.54. The van der Waals surface area contributed by atoms with Crippen LogP contribution in [0.1, 0.15) is 16.7 Å². The topological polar surface area (TPSA) is 67.9 Å². The number of hydrogen-bond acceptors (Lipinski definition) is 4.